The van der Waals surface area contributed by atoms with Gasteiger partial charge in [-0.1, -0.05) is 91.3 Å². The Hall–Kier alpha value is -3.71. The molecular weight excluding hydrogens is 558 g/mol. The lowest BCUT2D eigenvalue weighted by molar-refractivity contribution is -0.133. The Morgan fingerprint density at radius 2 is 1.72 bits per heavy atom. The Bertz CT molecular complexity index is 1500. The van der Waals surface area contributed by atoms with Gasteiger partial charge in [0.25, 0.3) is 5.91 Å². The number of nitrogens with one attached hydrogen (secondary N) is 2. The molecule has 1 saturated heterocycles. The van der Waals surface area contributed by atoms with Crippen molar-refractivity contribution >= 4 is 34.2 Å². The molecule has 0 aliphatic carbocycles. The van der Waals surface area contributed by atoms with Crippen LogP contribution in [0.4, 0.5) is 0 Å². The summed E-state index contributed by atoms with van der Waals surface area (Å²) in [4.78, 5) is 29.0. The molecule has 43 heavy (non-hydrogen) atoms. The average Bonchev–Trinajstić information content (AvgIpc) is 3.19. The normalized spacial score (nSPS) is 17.9. The van der Waals surface area contributed by atoms with Gasteiger partial charge < -0.3 is 20.3 Å². The van der Waals surface area contributed by atoms with Gasteiger partial charge in [-0.3, -0.25) is 9.59 Å². The number of carbonyl (C=O) groups is 2. The van der Waals surface area contributed by atoms with E-state index in [2.05, 4.69) is 41.8 Å². The molecule has 0 spiro atoms. The van der Waals surface area contributed by atoms with E-state index in [0.29, 0.717) is 49.9 Å². The molecule has 3 atom stereocenters. The molecule has 4 aromatic rings. The fourth-order valence-corrected chi connectivity index (χ4v) is 5.91. The molecule has 6 nitrogen and oxygen atoms in total. The molecule has 0 saturated carbocycles. The predicted octanol–water partition coefficient (Wildman–Crippen LogP) is 6.58. The standard InChI is InChI=1S/C36H40ClN3O3/c1-2-27(28-11-7-4-8-12-28)24-40-19-17-33(39-34(36(40)42)18-20-43-25-26-9-5-3-6-10-26)23-38-35(41)31-14-13-30-22-32(37)16-15-29(30)21-31/h3-16,21-22,27,33-34,39H,2,17-20,23-25H2,1H3,(H,38,41). The monoisotopic (exact) mass is 597 g/mol. The molecule has 0 bridgehead atoms. The molecule has 7 heteroatoms. The number of amides is 2. The first-order valence-electron chi connectivity index (χ1n) is 15.2. The van der Waals surface area contributed by atoms with Crippen molar-refractivity contribution in [3.63, 3.8) is 0 Å². The molecule has 224 valence electrons. The van der Waals surface area contributed by atoms with Gasteiger partial charge in [-0.25, -0.2) is 0 Å². The summed E-state index contributed by atoms with van der Waals surface area (Å²) in [6, 6.07) is 31.3. The summed E-state index contributed by atoms with van der Waals surface area (Å²) in [5, 5.41) is 9.29. The first-order chi connectivity index (χ1) is 21.0. The van der Waals surface area contributed by atoms with Crippen molar-refractivity contribution in [3.8, 4) is 0 Å². The Labute approximate surface area is 259 Å². The minimum Gasteiger partial charge on any atom is -0.377 e. The van der Waals surface area contributed by atoms with Gasteiger partial charge in [0.1, 0.15) is 0 Å². The van der Waals surface area contributed by atoms with E-state index in [4.69, 9.17) is 16.3 Å². The maximum absolute atomic E-state index is 13.9. The molecule has 2 N–H and O–H groups in total. The van der Waals surface area contributed by atoms with Crippen LogP contribution in [0.5, 0.6) is 0 Å². The molecule has 0 aromatic heterocycles. The third-order valence-electron chi connectivity index (χ3n) is 8.23. The van der Waals surface area contributed by atoms with Crippen molar-refractivity contribution in [2.75, 3.05) is 26.2 Å². The summed E-state index contributed by atoms with van der Waals surface area (Å²) in [5.74, 6) is 0.225. The highest BCUT2D eigenvalue weighted by molar-refractivity contribution is 6.31. The van der Waals surface area contributed by atoms with Crippen LogP contribution in [0.1, 0.15) is 53.6 Å². The molecule has 1 fully saturated rings. The Morgan fingerprint density at radius 1 is 1.00 bits per heavy atom. The fourth-order valence-electron chi connectivity index (χ4n) is 5.73. The fraction of sp³-hybridized carbons (Fsp3) is 0.333. The van der Waals surface area contributed by atoms with E-state index in [9.17, 15) is 9.59 Å². The number of rotatable bonds is 12. The molecular formula is C36H40ClN3O3. The molecule has 5 rings (SSSR count). The summed E-state index contributed by atoms with van der Waals surface area (Å²) >= 11 is 6.12. The maximum atomic E-state index is 13.9. The topological polar surface area (TPSA) is 70.7 Å². The van der Waals surface area contributed by atoms with Crippen molar-refractivity contribution in [3.05, 3.63) is 119 Å². The summed E-state index contributed by atoms with van der Waals surface area (Å²) in [6.45, 7) is 4.87. The lowest BCUT2D eigenvalue weighted by Crippen LogP contribution is -2.49. The van der Waals surface area contributed by atoms with Gasteiger partial charge >= 0.3 is 0 Å². The van der Waals surface area contributed by atoms with Crippen molar-refractivity contribution in [2.24, 2.45) is 0 Å². The largest absolute Gasteiger partial charge is 0.377 e. The number of nitrogens with zero attached hydrogens (tertiary/aromatic N) is 1. The molecule has 1 heterocycles. The van der Waals surface area contributed by atoms with Crippen LogP contribution in [0, 0.1) is 0 Å². The second-order valence-electron chi connectivity index (χ2n) is 11.2. The molecule has 3 unspecified atom stereocenters. The van der Waals surface area contributed by atoms with E-state index in [1.54, 1.807) is 0 Å². The highest BCUT2D eigenvalue weighted by Crippen LogP contribution is 2.23. The van der Waals surface area contributed by atoms with Crippen LogP contribution in [-0.4, -0.2) is 55.0 Å². The molecule has 1 aliphatic heterocycles. The highest BCUT2D eigenvalue weighted by Gasteiger charge is 2.32. The minimum absolute atomic E-state index is 0.0481. The molecule has 0 radical (unpaired) electrons. The van der Waals surface area contributed by atoms with Crippen LogP contribution in [0.2, 0.25) is 5.02 Å². The summed E-state index contributed by atoms with van der Waals surface area (Å²) in [5.41, 5.74) is 2.95. The number of ether oxygens (including phenoxy) is 1. The van der Waals surface area contributed by atoms with Gasteiger partial charge in [0.05, 0.1) is 12.6 Å². The zero-order valence-corrected chi connectivity index (χ0v) is 25.4. The Balaban J connectivity index is 1.24. The van der Waals surface area contributed by atoms with E-state index in [-0.39, 0.29) is 29.8 Å². The minimum atomic E-state index is -0.390. The SMILES string of the molecule is CCC(CN1CCC(CNC(=O)c2ccc3cc(Cl)ccc3c2)NC(CCOCc2ccccc2)C1=O)c1ccccc1. The number of benzene rings is 4. The van der Waals surface area contributed by atoms with Crippen molar-refractivity contribution in [2.45, 2.75) is 50.8 Å². The molecule has 2 amide bonds. The van der Waals surface area contributed by atoms with Gasteiger partial charge in [0.15, 0.2) is 0 Å². The maximum Gasteiger partial charge on any atom is 0.251 e. The Kier molecular flexibility index (Phi) is 10.8. The number of fused-ring (bicyclic) bond motifs is 1. The number of carbonyl (C=O) groups excluding carboxylic acids is 2. The highest BCUT2D eigenvalue weighted by atomic mass is 35.5. The number of halogens is 1. The first-order valence-corrected chi connectivity index (χ1v) is 15.6. The zero-order valence-electron chi connectivity index (χ0n) is 24.7. The second kappa shape index (κ2) is 15.1. The summed E-state index contributed by atoms with van der Waals surface area (Å²) < 4.78 is 5.96. The van der Waals surface area contributed by atoms with Crippen molar-refractivity contribution in [1.29, 1.82) is 0 Å². The summed E-state index contributed by atoms with van der Waals surface area (Å²) in [7, 11) is 0. The second-order valence-corrected chi connectivity index (χ2v) is 11.7. The number of hydrogen-bond donors (Lipinski definition) is 2. The van der Waals surface area contributed by atoms with E-state index in [0.717, 1.165) is 29.2 Å². The first kappa shape index (κ1) is 30.7. The smallest absolute Gasteiger partial charge is 0.251 e. The third-order valence-corrected chi connectivity index (χ3v) is 8.47. The van der Waals surface area contributed by atoms with Crippen molar-refractivity contribution in [1.82, 2.24) is 15.5 Å². The molecule has 4 aromatic carbocycles. The van der Waals surface area contributed by atoms with E-state index in [1.165, 1.54) is 5.56 Å². The number of hydrogen-bond acceptors (Lipinski definition) is 4. The van der Waals surface area contributed by atoms with E-state index < -0.39 is 0 Å². The van der Waals surface area contributed by atoms with Gasteiger partial charge in [0, 0.05) is 48.8 Å². The van der Waals surface area contributed by atoms with Gasteiger partial charge in [-0.2, -0.15) is 0 Å². The van der Waals surface area contributed by atoms with Crippen LogP contribution in [0.15, 0.2) is 97.1 Å². The quantitative estimate of drug-likeness (QED) is 0.181. The lowest BCUT2D eigenvalue weighted by atomic mass is 9.95. The zero-order chi connectivity index (χ0) is 30.0. The Morgan fingerprint density at radius 3 is 2.49 bits per heavy atom. The predicted molar refractivity (Wildman–Crippen MR) is 173 cm³/mol. The summed E-state index contributed by atoms with van der Waals surface area (Å²) in [6.07, 6.45) is 2.25. The van der Waals surface area contributed by atoms with Crippen LogP contribution in [0.3, 0.4) is 0 Å². The van der Waals surface area contributed by atoms with Gasteiger partial charge in [0.2, 0.25) is 5.91 Å². The molecule has 1 aliphatic rings. The third kappa shape index (κ3) is 8.44. The van der Waals surface area contributed by atoms with Crippen LogP contribution >= 0.6 is 11.6 Å². The van der Waals surface area contributed by atoms with Crippen LogP contribution < -0.4 is 10.6 Å². The van der Waals surface area contributed by atoms with Crippen molar-refractivity contribution < 1.29 is 14.3 Å². The lowest BCUT2D eigenvalue weighted by Gasteiger charge is -2.28. The van der Waals surface area contributed by atoms with Crippen LogP contribution in [0.25, 0.3) is 10.8 Å². The van der Waals surface area contributed by atoms with Crippen LogP contribution in [-0.2, 0) is 16.1 Å². The van der Waals surface area contributed by atoms with E-state index >= 15 is 0 Å². The van der Waals surface area contributed by atoms with Gasteiger partial charge in [-0.15, -0.1) is 0 Å². The van der Waals surface area contributed by atoms with Gasteiger partial charge in [-0.05, 0) is 65.4 Å². The average molecular weight is 598 g/mol. The van der Waals surface area contributed by atoms with E-state index in [1.807, 2.05) is 77.7 Å².